The molecule has 112 valence electrons. The third kappa shape index (κ3) is 4.86. The van der Waals surface area contributed by atoms with Gasteiger partial charge in [-0.3, -0.25) is 4.79 Å². The quantitative estimate of drug-likeness (QED) is 0.627. The smallest absolute Gasteiger partial charge is 0.330 e. The third-order valence-electron chi connectivity index (χ3n) is 2.11. The van der Waals surface area contributed by atoms with E-state index in [4.69, 9.17) is 17.3 Å². The lowest BCUT2D eigenvalue weighted by Crippen LogP contribution is -2.34. The lowest BCUT2D eigenvalue weighted by atomic mass is 10.3. The monoisotopic (exact) mass is 314 g/mol. The van der Waals surface area contributed by atoms with Gasteiger partial charge in [0.2, 0.25) is 5.91 Å². The molecule has 0 unspecified atom stereocenters. The number of nitrogens with one attached hydrogen (secondary N) is 1. The van der Waals surface area contributed by atoms with E-state index in [0.717, 1.165) is 0 Å². The average molecular weight is 315 g/mol. The molecule has 0 aliphatic heterocycles. The zero-order chi connectivity index (χ0) is 15.3. The molecule has 0 aliphatic carbocycles. The molecule has 0 atom stereocenters. The lowest BCUT2D eigenvalue weighted by molar-refractivity contribution is -0.167. The van der Waals surface area contributed by atoms with Crippen molar-refractivity contribution in [2.45, 2.75) is 12.3 Å². The van der Waals surface area contributed by atoms with Gasteiger partial charge in [0.1, 0.15) is 13.2 Å². The van der Waals surface area contributed by atoms with Crippen LogP contribution in [0.3, 0.4) is 0 Å². The molecular formula is C11H11ClF4N2O2. The van der Waals surface area contributed by atoms with Crippen molar-refractivity contribution in [3.05, 3.63) is 23.2 Å². The SMILES string of the molecule is Nc1ccc(Cl)c(NC(=O)COCC(F)(F)C(F)F)c1. The Labute approximate surface area is 116 Å². The van der Waals surface area contributed by atoms with Crippen molar-refractivity contribution < 1.29 is 27.1 Å². The summed E-state index contributed by atoms with van der Waals surface area (Å²) in [5.41, 5.74) is 5.97. The number of anilines is 2. The Hall–Kier alpha value is -1.54. The summed E-state index contributed by atoms with van der Waals surface area (Å²) in [6.45, 7) is -2.36. The molecule has 1 rings (SSSR count). The number of carbonyl (C=O) groups excluding carboxylic acids is 1. The van der Waals surface area contributed by atoms with Crippen molar-refractivity contribution in [3.8, 4) is 0 Å². The highest BCUT2D eigenvalue weighted by molar-refractivity contribution is 6.33. The van der Waals surface area contributed by atoms with Crippen LogP contribution in [0, 0.1) is 0 Å². The van der Waals surface area contributed by atoms with Gasteiger partial charge >= 0.3 is 12.3 Å². The van der Waals surface area contributed by atoms with E-state index >= 15 is 0 Å². The molecule has 0 fully saturated rings. The van der Waals surface area contributed by atoms with E-state index in [-0.39, 0.29) is 10.7 Å². The number of halogens is 5. The van der Waals surface area contributed by atoms with Crippen molar-refractivity contribution in [2.24, 2.45) is 0 Å². The molecule has 0 spiro atoms. The van der Waals surface area contributed by atoms with Crippen LogP contribution in [0.2, 0.25) is 5.02 Å². The molecule has 1 aromatic carbocycles. The number of benzene rings is 1. The van der Waals surface area contributed by atoms with Crippen LogP contribution >= 0.6 is 11.6 Å². The first-order chi connectivity index (χ1) is 9.22. The van der Waals surface area contributed by atoms with Crippen molar-refractivity contribution in [2.75, 3.05) is 24.3 Å². The Morgan fingerprint density at radius 3 is 2.70 bits per heavy atom. The molecular weight excluding hydrogens is 304 g/mol. The van der Waals surface area contributed by atoms with Crippen molar-refractivity contribution in [1.29, 1.82) is 0 Å². The van der Waals surface area contributed by atoms with Gasteiger partial charge in [-0.05, 0) is 18.2 Å². The highest BCUT2D eigenvalue weighted by Gasteiger charge is 2.41. The number of nitrogen functional groups attached to an aromatic ring is 1. The molecule has 20 heavy (non-hydrogen) atoms. The lowest BCUT2D eigenvalue weighted by Gasteiger charge is -2.15. The second-order valence-electron chi connectivity index (χ2n) is 3.84. The van der Waals surface area contributed by atoms with Crippen LogP contribution in [0.1, 0.15) is 0 Å². The fraction of sp³-hybridized carbons (Fsp3) is 0.364. The van der Waals surface area contributed by atoms with E-state index in [2.05, 4.69) is 10.1 Å². The first-order valence-electron chi connectivity index (χ1n) is 5.31. The molecule has 0 radical (unpaired) electrons. The van der Waals surface area contributed by atoms with E-state index in [1.165, 1.54) is 18.2 Å². The maximum Gasteiger partial charge on any atom is 0.330 e. The number of alkyl halides is 4. The second kappa shape index (κ2) is 6.76. The molecule has 0 saturated carbocycles. The third-order valence-corrected chi connectivity index (χ3v) is 2.44. The second-order valence-corrected chi connectivity index (χ2v) is 4.25. The summed E-state index contributed by atoms with van der Waals surface area (Å²) < 4.78 is 52.9. The molecule has 0 saturated heterocycles. The number of nitrogens with two attached hydrogens (primary N) is 1. The number of amides is 1. The predicted molar refractivity (Wildman–Crippen MR) is 66.3 cm³/mol. The first kappa shape index (κ1) is 16.5. The number of ether oxygens (including phenoxy) is 1. The number of carbonyl (C=O) groups is 1. The summed E-state index contributed by atoms with van der Waals surface area (Å²) in [4.78, 5) is 11.4. The van der Waals surface area contributed by atoms with Gasteiger partial charge in [-0.15, -0.1) is 0 Å². The van der Waals surface area contributed by atoms with Gasteiger partial charge in [-0.1, -0.05) is 11.6 Å². The van der Waals surface area contributed by atoms with E-state index in [9.17, 15) is 22.4 Å². The fourth-order valence-electron chi connectivity index (χ4n) is 1.17. The molecule has 3 N–H and O–H groups in total. The normalized spacial score (nSPS) is 11.7. The zero-order valence-corrected chi connectivity index (χ0v) is 10.8. The summed E-state index contributed by atoms with van der Waals surface area (Å²) in [6.07, 6.45) is -3.85. The summed E-state index contributed by atoms with van der Waals surface area (Å²) >= 11 is 5.76. The first-order valence-corrected chi connectivity index (χ1v) is 5.69. The number of hydrogen-bond acceptors (Lipinski definition) is 3. The van der Waals surface area contributed by atoms with Gasteiger partial charge in [0, 0.05) is 5.69 Å². The van der Waals surface area contributed by atoms with Crippen LogP contribution < -0.4 is 11.1 Å². The topological polar surface area (TPSA) is 64.3 Å². The van der Waals surface area contributed by atoms with Gasteiger partial charge in [0.25, 0.3) is 0 Å². The number of rotatable bonds is 6. The van der Waals surface area contributed by atoms with Crippen LogP contribution in [-0.2, 0) is 9.53 Å². The Morgan fingerprint density at radius 2 is 2.10 bits per heavy atom. The Morgan fingerprint density at radius 1 is 1.45 bits per heavy atom. The van der Waals surface area contributed by atoms with Gasteiger partial charge in [-0.25, -0.2) is 8.78 Å². The van der Waals surface area contributed by atoms with Gasteiger partial charge in [0.05, 0.1) is 10.7 Å². The van der Waals surface area contributed by atoms with Crippen LogP contribution in [0.25, 0.3) is 0 Å². The summed E-state index contributed by atoms with van der Waals surface area (Å²) in [7, 11) is 0. The molecule has 0 aromatic heterocycles. The Bertz CT molecular complexity index is 485. The molecule has 0 bridgehead atoms. The molecule has 0 aliphatic rings. The fourth-order valence-corrected chi connectivity index (χ4v) is 1.33. The standard InChI is InChI=1S/C11H11ClF4N2O2/c12-7-2-1-6(17)3-8(7)18-9(19)4-20-5-11(15,16)10(13)14/h1-3,10H,4-5,17H2,(H,18,19). The Kier molecular flexibility index (Phi) is 5.58. The highest BCUT2D eigenvalue weighted by Crippen LogP contribution is 2.24. The van der Waals surface area contributed by atoms with E-state index in [0.29, 0.717) is 5.69 Å². The van der Waals surface area contributed by atoms with Crippen molar-refractivity contribution in [1.82, 2.24) is 0 Å². The summed E-state index contributed by atoms with van der Waals surface area (Å²) in [5.74, 6) is -5.11. The predicted octanol–water partition coefficient (Wildman–Crippen LogP) is 2.78. The van der Waals surface area contributed by atoms with Crippen molar-refractivity contribution >= 4 is 28.9 Å². The molecule has 1 amide bonds. The average Bonchev–Trinajstić information content (AvgIpc) is 2.33. The van der Waals surface area contributed by atoms with Crippen LogP contribution in [0.5, 0.6) is 0 Å². The highest BCUT2D eigenvalue weighted by atomic mass is 35.5. The van der Waals surface area contributed by atoms with Gasteiger partial charge < -0.3 is 15.8 Å². The van der Waals surface area contributed by atoms with Crippen LogP contribution in [0.4, 0.5) is 28.9 Å². The van der Waals surface area contributed by atoms with Crippen LogP contribution in [-0.4, -0.2) is 31.5 Å². The summed E-state index contributed by atoms with van der Waals surface area (Å²) in [6, 6.07) is 4.28. The minimum atomic E-state index is -4.30. The van der Waals surface area contributed by atoms with Gasteiger partial charge in [0.15, 0.2) is 0 Å². The minimum Gasteiger partial charge on any atom is -0.399 e. The largest absolute Gasteiger partial charge is 0.399 e. The summed E-state index contributed by atoms with van der Waals surface area (Å²) in [5, 5.41) is 2.44. The molecule has 4 nitrogen and oxygen atoms in total. The molecule has 0 heterocycles. The number of hydrogen-bond donors (Lipinski definition) is 2. The van der Waals surface area contributed by atoms with E-state index in [1.807, 2.05) is 0 Å². The maximum atomic E-state index is 12.5. The molecule has 9 heteroatoms. The van der Waals surface area contributed by atoms with Crippen LogP contribution in [0.15, 0.2) is 18.2 Å². The molecule has 1 aromatic rings. The minimum absolute atomic E-state index is 0.167. The van der Waals surface area contributed by atoms with E-state index in [1.54, 1.807) is 0 Å². The van der Waals surface area contributed by atoms with Gasteiger partial charge in [-0.2, -0.15) is 8.78 Å². The maximum absolute atomic E-state index is 12.5. The Balaban J connectivity index is 2.47. The zero-order valence-electron chi connectivity index (χ0n) is 10.0. The van der Waals surface area contributed by atoms with Crippen molar-refractivity contribution in [3.63, 3.8) is 0 Å². The van der Waals surface area contributed by atoms with E-state index < -0.39 is 31.5 Å².